The molecule has 9 heteroatoms. The van der Waals surface area contributed by atoms with Gasteiger partial charge >= 0.3 is 0 Å². The summed E-state index contributed by atoms with van der Waals surface area (Å²) in [5, 5.41) is 11.6. The molecule has 0 atom stereocenters. The number of allylic oxidation sites excluding steroid dienone is 2. The quantitative estimate of drug-likeness (QED) is 0.257. The number of amides is 1. The Morgan fingerprint density at radius 3 is 2.87 bits per heavy atom. The molecular weight excluding hydrogens is 494 g/mol. The van der Waals surface area contributed by atoms with Crippen molar-refractivity contribution in [2.75, 3.05) is 26.0 Å². The Morgan fingerprint density at radius 1 is 1.16 bits per heavy atom. The molecule has 0 unspecified atom stereocenters. The van der Waals surface area contributed by atoms with E-state index in [9.17, 15) is 4.79 Å². The lowest BCUT2D eigenvalue weighted by Gasteiger charge is -2.10. The molecule has 1 aliphatic carbocycles. The van der Waals surface area contributed by atoms with E-state index < -0.39 is 0 Å². The van der Waals surface area contributed by atoms with E-state index in [2.05, 4.69) is 67.4 Å². The Labute approximate surface area is 223 Å². The molecule has 0 spiro atoms. The van der Waals surface area contributed by atoms with Gasteiger partial charge in [0.1, 0.15) is 5.69 Å². The number of thiophene rings is 1. The van der Waals surface area contributed by atoms with Gasteiger partial charge in [-0.25, -0.2) is 0 Å². The number of aryl methyl sites for hydroxylation is 1. The monoisotopic (exact) mass is 519 g/mol. The molecule has 0 fully saturated rings. The number of nitrogens with one attached hydrogen (secondary N) is 3. The number of nitrogens with zero attached hydrogens (tertiary/aromatic N) is 4. The largest absolute Gasteiger partial charge is 0.353 e. The number of fused-ring (bicyclic) bond motifs is 2. The molecule has 5 aromatic rings. The minimum atomic E-state index is -0.101. The van der Waals surface area contributed by atoms with Crippen LogP contribution in [0.15, 0.2) is 66.8 Å². The molecule has 8 nitrogen and oxygen atoms in total. The molecule has 6 rings (SSSR count). The van der Waals surface area contributed by atoms with Crippen LogP contribution in [-0.2, 0) is 4.79 Å². The summed E-state index contributed by atoms with van der Waals surface area (Å²) < 4.78 is 0. The summed E-state index contributed by atoms with van der Waals surface area (Å²) in [6, 6.07) is 10.3. The van der Waals surface area contributed by atoms with Crippen molar-refractivity contribution in [3.8, 4) is 22.6 Å². The second kappa shape index (κ2) is 9.72. The molecule has 0 bridgehead atoms. The van der Waals surface area contributed by atoms with Crippen LogP contribution in [0.3, 0.4) is 0 Å². The smallest absolute Gasteiger partial charge is 0.238 e. The maximum atomic E-state index is 12.2. The standard InChI is InChI=1S/C29H25N7OS/c1-17-8-9-27(38-17)20-6-4-5-7-23-21(20)11-25(33-23)29-22-12-24(31-15-26(22)34-35-29)18-10-19(14-30-13-18)32-28(37)16-36(2)3/h4,6-15,33H,16H2,1-3H3,(H,32,37)(H,34,35). The number of anilines is 1. The van der Waals surface area contributed by atoms with Crippen LogP contribution in [0.5, 0.6) is 0 Å². The van der Waals surface area contributed by atoms with E-state index in [4.69, 9.17) is 0 Å². The SMILES string of the molecule is Cc1ccc(C2=CC=C=Cc3[nH]c(-c4n[nH]c5cnc(-c6cncc(NC(=O)CN(C)C)c6)cc45)cc32)s1. The highest BCUT2D eigenvalue weighted by molar-refractivity contribution is 7.13. The van der Waals surface area contributed by atoms with Crippen molar-refractivity contribution in [2.45, 2.75) is 6.92 Å². The molecule has 3 N–H and O–H groups in total. The maximum Gasteiger partial charge on any atom is 0.238 e. The van der Waals surface area contributed by atoms with Crippen molar-refractivity contribution < 1.29 is 4.79 Å². The fraction of sp³-hybridized carbons (Fsp3) is 0.138. The molecule has 0 saturated heterocycles. The van der Waals surface area contributed by atoms with Crippen LogP contribution in [0.25, 0.3) is 45.2 Å². The summed E-state index contributed by atoms with van der Waals surface area (Å²) in [6.45, 7) is 2.41. The third-order valence-electron chi connectivity index (χ3n) is 6.20. The van der Waals surface area contributed by atoms with Crippen molar-refractivity contribution in [3.63, 3.8) is 0 Å². The van der Waals surface area contributed by atoms with E-state index in [1.54, 1.807) is 29.9 Å². The number of rotatable bonds is 6. The topological polar surface area (TPSA) is 103 Å². The van der Waals surface area contributed by atoms with Gasteiger partial charge in [0.15, 0.2) is 0 Å². The third-order valence-corrected chi connectivity index (χ3v) is 7.23. The highest BCUT2D eigenvalue weighted by Gasteiger charge is 2.19. The Morgan fingerprint density at radius 2 is 2.05 bits per heavy atom. The molecule has 0 radical (unpaired) electrons. The number of aromatic amines is 2. The number of aromatic nitrogens is 5. The average molecular weight is 520 g/mol. The molecule has 5 aromatic heterocycles. The van der Waals surface area contributed by atoms with Crippen LogP contribution in [-0.4, -0.2) is 56.6 Å². The fourth-order valence-electron chi connectivity index (χ4n) is 4.50. The summed E-state index contributed by atoms with van der Waals surface area (Å²) >= 11 is 1.77. The zero-order chi connectivity index (χ0) is 26.2. The van der Waals surface area contributed by atoms with Gasteiger partial charge in [0, 0.05) is 44.1 Å². The number of pyridine rings is 2. The molecule has 5 heterocycles. The Kier molecular flexibility index (Phi) is 6.09. The van der Waals surface area contributed by atoms with Gasteiger partial charge in [-0.2, -0.15) is 5.10 Å². The van der Waals surface area contributed by atoms with E-state index in [1.807, 2.05) is 43.3 Å². The van der Waals surface area contributed by atoms with E-state index in [-0.39, 0.29) is 5.91 Å². The lowest BCUT2D eigenvalue weighted by molar-refractivity contribution is -0.116. The van der Waals surface area contributed by atoms with Gasteiger partial charge in [0.2, 0.25) is 5.91 Å². The molecule has 1 amide bonds. The van der Waals surface area contributed by atoms with Gasteiger partial charge in [0.05, 0.1) is 47.2 Å². The second-order valence-electron chi connectivity index (χ2n) is 9.41. The van der Waals surface area contributed by atoms with Crippen LogP contribution in [0.2, 0.25) is 0 Å². The van der Waals surface area contributed by atoms with Gasteiger partial charge in [-0.1, -0.05) is 0 Å². The number of hydrogen-bond acceptors (Lipinski definition) is 6. The van der Waals surface area contributed by atoms with Crippen LogP contribution in [0.4, 0.5) is 5.69 Å². The van der Waals surface area contributed by atoms with E-state index in [1.165, 1.54) is 9.75 Å². The molecular formula is C29H25N7OS. The van der Waals surface area contributed by atoms with E-state index >= 15 is 0 Å². The number of carbonyl (C=O) groups excluding carboxylic acids is 1. The van der Waals surface area contributed by atoms with Crippen molar-refractivity contribution in [3.05, 3.63) is 87.8 Å². The molecule has 0 aromatic carbocycles. The number of likely N-dealkylation sites (N-methyl/N-ethyl adjacent to an activating group) is 1. The van der Waals surface area contributed by atoms with Gasteiger partial charge in [-0.3, -0.25) is 19.9 Å². The lowest BCUT2D eigenvalue weighted by Crippen LogP contribution is -2.27. The summed E-state index contributed by atoms with van der Waals surface area (Å²) in [6.07, 6.45) is 11.2. The first kappa shape index (κ1) is 23.8. The number of hydrogen-bond donors (Lipinski definition) is 3. The van der Waals surface area contributed by atoms with Gasteiger partial charge in [-0.15, -0.1) is 17.1 Å². The summed E-state index contributed by atoms with van der Waals surface area (Å²) in [4.78, 5) is 29.0. The molecule has 188 valence electrons. The third kappa shape index (κ3) is 4.62. The van der Waals surface area contributed by atoms with Crippen LogP contribution in [0.1, 0.15) is 21.0 Å². The summed E-state index contributed by atoms with van der Waals surface area (Å²) in [5.74, 6) is -0.101. The molecule has 38 heavy (non-hydrogen) atoms. The van der Waals surface area contributed by atoms with Crippen molar-refractivity contribution >= 4 is 45.5 Å². The normalized spacial score (nSPS) is 12.6. The summed E-state index contributed by atoms with van der Waals surface area (Å²) in [5.41, 5.74) is 11.2. The highest BCUT2D eigenvalue weighted by Crippen LogP contribution is 2.37. The highest BCUT2D eigenvalue weighted by atomic mass is 32.1. The van der Waals surface area contributed by atoms with Gasteiger partial charge in [-0.05, 0) is 63.5 Å². The van der Waals surface area contributed by atoms with Crippen molar-refractivity contribution in [1.29, 1.82) is 0 Å². The minimum Gasteiger partial charge on any atom is -0.353 e. The van der Waals surface area contributed by atoms with Crippen LogP contribution >= 0.6 is 11.3 Å². The lowest BCUT2D eigenvalue weighted by atomic mass is 10.0. The maximum absolute atomic E-state index is 12.2. The predicted octanol–water partition coefficient (Wildman–Crippen LogP) is 5.50. The van der Waals surface area contributed by atoms with Crippen molar-refractivity contribution in [2.24, 2.45) is 0 Å². The fourth-order valence-corrected chi connectivity index (χ4v) is 5.40. The Bertz CT molecular complexity index is 1780. The van der Waals surface area contributed by atoms with Crippen LogP contribution in [0, 0.1) is 6.92 Å². The van der Waals surface area contributed by atoms with Gasteiger partial charge in [0.25, 0.3) is 0 Å². The number of carbonyl (C=O) groups is 1. The van der Waals surface area contributed by atoms with Gasteiger partial charge < -0.3 is 15.2 Å². The Balaban J connectivity index is 1.37. The summed E-state index contributed by atoms with van der Waals surface area (Å²) in [7, 11) is 3.70. The minimum absolute atomic E-state index is 0.101. The number of H-pyrrole nitrogens is 2. The first-order valence-corrected chi connectivity index (χ1v) is 12.9. The molecule has 0 saturated carbocycles. The second-order valence-corrected chi connectivity index (χ2v) is 10.7. The molecule has 0 aliphatic heterocycles. The van der Waals surface area contributed by atoms with Crippen LogP contribution < -0.4 is 5.32 Å². The zero-order valence-corrected chi connectivity index (χ0v) is 22.0. The first-order chi connectivity index (χ1) is 18.4. The Hall–Kier alpha value is -4.56. The predicted molar refractivity (Wildman–Crippen MR) is 153 cm³/mol. The van der Waals surface area contributed by atoms with E-state index in [0.717, 1.165) is 50.4 Å². The van der Waals surface area contributed by atoms with Crippen molar-refractivity contribution in [1.82, 2.24) is 30.0 Å². The molecule has 1 aliphatic rings. The first-order valence-electron chi connectivity index (χ1n) is 12.1. The average Bonchev–Trinajstić information content (AvgIpc) is 3.59. The van der Waals surface area contributed by atoms with E-state index in [0.29, 0.717) is 12.2 Å². The zero-order valence-electron chi connectivity index (χ0n) is 21.2.